The average molecular weight is 361 g/mol. The first-order valence-corrected chi connectivity index (χ1v) is 8.80. The Kier molecular flexibility index (Phi) is 5.92. The highest BCUT2D eigenvalue weighted by Crippen LogP contribution is 2.29. The number of rotatable bonds is 6. The van der Waals surface area contributed by atoms with Gasteiger partial charge in [-0.05, 0) is 11.6 Å². The summed E-state index contributed by atoms with van der Waals surface area (Å²) >= 11 is 6.43. The number of hydrogen-bond acceptors (Lipinski definition) is 6. The van der Waals surface area contributed by atoms with E-state index in [9.17, 15) is 5.26 Å². The van der Waals surface area contributed by atoms with Crippen LogP contribution in [0, 0.1) is 11.3 Å². The van der Waals surface area contributed by atoms with Crippen LogP contribution >= 0.6 is 11.6 Å². The number of morpholine rings is 1. The molecule has 1 N–H and O–H groups in total. The fourth-order valence-electron chi connectivity index (χ4n) is 2.97. The lowest BCUT2D eigenvalue weighted by molar-refractivity contribution is 0.0186. The summed E-state index contributed by atoms with van der Waals surface area (Å²) < 4.78 is 11.1. The summed E-state index contributed by atoms with van der Waals surface area (Å²) in [5.41, 5.74) is 1.34. The number of nitrogens with one attached hydrogen (secondary N) is 1. The van der Waals surface area contributed by atoms with E-state index in [0.717, 1.165) is 23.7 Å². The van der Waals surface area contributed by atoms with Crippen molar-refractivity contribution in [1.29, 1.82) is 5.26 Å². The molecule has 1 fully saturated rings. The van der Waals surface area contributed by atoms with Crippen molar-refractivity contribution in [1.82, 2.24) is 9.88 Å². The van der Waals surface area contributed by atoms with Crippen molar-refractivity contribution in [3.05, 3.63) is 46.4 Å². The van der Waals surface area contributed by atoms with Gasteiger partial charge in [-0.1, -0.05) is 36.7 Å². The third kappa shape index (κ3) is 4.13. The summed E-state index contributed by atoms with van der Waals surface area (Å²) in [5, 5.41) is 13.2. The van der Waals surface area contributed by atoms with Gasteiger partial charge in [0.05, 0.1) is 19.3 Å². The molecule has 0 amide bonds. The molecule has 1 unspecified atom stereocenters. The van der Waals surface area contributed by atoms with Crippen LogP contribution in [-0.4, -0.2) is 42.7 Å². The Morgan fingerprint density at radius 3 is 2.80 bits per heavy atom. The number of oxazole rings is 1. The minimum Gasteiger partial charge on any atom is -0.424 e. The van der Waals surface area contributed by atoms with Crippen molar-refractivity contribution in [2.45, 2.75) is 19.4 Å². The summed E-state index contributed by atoms with van der Waals surface area (Å²) in [6.45, 7) is 5.58. The summed E-state index contributed by atoms with van der Waals surface area (Å²) in [5.74, 6) is 0.976. The van der Waals surface area contributed by atoms with Gasteiger partial charge in [-0.15, -0.1) is 0 Å². The van der Waals surface area contributed by atoms with Crippen LogP contribution in [0.1, 0.15) is 30.1 Å². The first kappa shape index (κ1) is 17.7. The Morgan fingerprint density at radius 2 is 2.12 bits per heavy atom. The molecular weight excluding hydrogens is 340 g/mol. The fraction of sp³-hybridized carbons (Fsp3) is 0.444. The summed E-state index contributed by atoms with van der Waals surface area (Å²) in [7, 11) is 0. The van der Waals surface area contributed by atoms with Gasteiger partial charge in [0.15, 0.2) is 5.89 Å². The van der Waals surface area contributed by atoms with E-state index in [2.05, 4.69) is 21.3 Å². The molecule has 1 aromatic carbocycles. The van der Waals surface area contributed by atoms with Gasteiger partial charge in [-0.2, -0.15) is 5.26 Å². The second-order valence-electron chi connectivity index (χ2n) is 5.82. The Hall–Kier alpha value is -2.07. The van der Waals surface area contributed by atoms with Crippen LogP contribution in [0.25, 0.3) is 0 Å². The van der Waals surface area contributed by atoms with E-state index in [1.165, 1.54) is 0 Å². The van der Waals surface area contributed by atoms with Crippen molar-refractivity contribution in [3.63, 3.8) is 0 Å². The van der Waals surface area contributed by atoms with Gasteiger partial charge in [0.1, 0.15) is 6.07 Å². The molecule has 7 heteroatoms. The lowest BCUT2D eigenvalue weighted by atomic mass is 10.0. The smallest absolute Gasteiger partial charge is 0.232 e. The van der Waals surface area contributed by atoms with E-state index in [-0.39, 0.29) is 11.7 Å². The van der Waals surface area contributed by atoms with Crippen molar-refractivity contribution in [2.75, 3.05) is 38.2 Å². The molecule has 1 saturated heterocycles. The van der Waals surface area contributed by atoms with E-state index < -0.39 is 0 Å². The molecule has 25 heavy (non-hydrogen) atoms. The number of ether oxygens (including phenoxy) is 1. The zero-order chi connectivity index (χ0) is 17.6. The van der Waals surface area contributed by atoms with Crippen LogP contribution in [0.15, 0.2) is 28.7 Å². The summed E-state index contributed by atoms with van der Waals surface area (Å²) in [6.07, 6.45) is 0.647. The molecule has 0 spiro atoms. The van der Waals surface area contributed by atoms with Gasteiger partial charge in [-0.25, -0.2) is 4.98 Å². The molecule has 132 valence electrons. The van der Waals surface area contributed by atoms with Crippen LogP contribution in [0.2, 0.25) is 5.02 Å². The molecule has 1 aliphatic heterocycles. The maximum absolute atomic E-state index is 9.24. The molecule has 0 bridgehead atoms. The monoisotopic (exact) mass is 360 g/mol. The number of nitrogens with zero attached hydrogens (tertiary/aromatic N) is 3. The number of anilines is 1. The molecule has 2 heterocycles. The van der Waals surface area contributed by atoms with Crippen molar-refractivity contribution < 1.29 is 9.15 Å². The molecule has 1 aliphatic rings. The lowest BCUT2D eigenvalue weighted by Gasteiger charge is -2.35. The van der Waals surface area contributed by atoms with E-state index in [1.807, 2.05) is 31.2 Å². The topological polar surface area (TPSA) is 74.3 Å². The highest BCUT2D eigenvalue weighted by molar-refractivity contribution is 6.31. The van der Waals surface area contributed by atoms with Crippen molar-refractivity contribution in [3.8, 4) is 6.07 Å². The molecule has 1 aromatic heterocycles. The van der Waals surface area contributed by atoms with Crippen LogP contribution in [0.3, 0.4) is 0 Å². The SMILES string of the molecule is CCc1nc(C#N)c(NCC(c2ccccc2Cl)N2CCOCC2)o1. The van der Waals surface area contributed by atoms with Crippen molar-refractivity contribution in [2.24, 2.45) is 0 Å². The zero-order valence-electron chi connectivity index (χ0n) is 14.2. The maximum Gasteiger partial charge on any atom is 0.232 e. The van der Waals surface area contributed by atoms with Crippen molar-refractivity contribution >= 4 is 17.5 Å². The average Bonchev–Trinajstić information content (AvgIpc) is 3.06. The standard InChI is InChI=1S/C18H21ClN4O2/c1-2-17-22-15(11-20)18(25-17)21-12-16(23-7-9-24-10-8-23)13-5-3-4-6-14(13)19/h3-6,16,21H,2,7-10,12H2,1H3. The highest BCUT2D eigenvalue weighted by atomic mass is 35.5. The van der Waals surface area contributed by atoms with Gasteiger partial charge in [-0.3, -0.25) is 4.90 Å². The van der Waals surface area contributed by atoms with Gasteiger partial charge >= 0.3 is 0 Å². The normalized spacial score (nSPS) is 16.4. The summed E-state index contributed by atoms with van der Waals surface area (Å²) in [6, 6.07) is 9.97. The maximum atomic E-state index is 9.24. The van der Waals surface area contributed by atoms with Crippen LogP contribution in [0.4, 0.5) is 5.88 Å². The minimum absolute atomic E-state index is 0.0549. The molecule has 2 aromatic rings. The zero-order valence-corrected chi connectivity index (χ0v) is 14.9. The third-order valence-electron chi connectivity index (χ3n) is 4.29. The first-order chi connectivity index (χ1) is 12.2. The van der Waals surface area contributed by atoms with E-state index >= 15 is 0 Å². The minimum atomic E-state index is 0.0549. The van der Waals surface area contributed by atoms with Crippen LogP contribution < -0.4 is 5.32 Å². The Balaban J connectivity index is 1.82. The van der Waals surface area contributed by atoms with Crippen LogP contribution in [-0.2, 0) is 11.2 Å². The van der Waals surface area contributed by atoms with E-state index in [0.29, 0.717) is 38.0 Å². The molecular formula is C18H21ClN4O2. The predicted octanol–water partition coefficient (Wildman–Crippen LogP) is 3.25. The summed E-state index contributed by atoms with van der Waals surface area (Å²) in [4.78, 5) is 6.51. The third-order valence-corrected chi connectivity index (χ3v) is 4.63. The van der Waals surface area contributed by atoms with Crippen LogP contribution in [0.5, 0.6) is 0 Å². The second-order valence-corrected chi connectivity index (χ2v) is 6.22. The van der Waals surface area contributed by atoms with Gasteiger partial charge in [0.25, 0.3) is 0 Å². The Labute approximate surface area is 152 Å². The number of halogens is 1. The van der Waals surface area contributed by atoms with E-state index in [4.69, 9.17) is 20.8 Å². The first-order valence-electron chi connectivity index (χ1n) is 8.42. The molecule has 6 nitrogen and oxygen atoms in total. The Morgan fingerprint density at radius 1 is 1.36 bits per heavy atom. The fourth-order valence-corrected chi connectivity index (χ4v) is 3.23. The number of aromatic nitrogens is 1. The quantitative estimate of drug-likeness (QED) is 0.852. The lowest BCUT2D eigenvalue weighted by Crippen LogP contribution is -2.41. The largest absolute Gasteiger partial charge is 0.424 e. The Bertz CT molecular complexity index is 750. The number of hydrogen-bond donors (Lipinski definition) is 1. The molecule has 3 rings (SSSR count). The molecule has 0 radical (unpaired) electrons. The number of aryl methyl sites for hydroxylation is 1. The number of benzene rings is 1. The highest BCUT2D eigenvalue weighted by Gasteiger charge is 2.25. The number of nitriles is 1. The molecule has 1 atom stereocenters. The second kappa shape index (κ2) is 8.34. The molecule has 0 aliphatic carbocycles. The van der Waals surface area contributed by atoms with E-state index in [1.54, 1.807) is 0 Å². The predicted molar refractivity (Wildman–Crippen MR) is 95.7 cm³/mol. The van der Waals surface area contributed by atoms with Gasteiger partial charge < -0.3 is 14.5 Å². The van der Waals surface area contributed by atoms with Gasteiger partial charge in [0.2, 0.25) is 11.6 Å². The molecule has 0 saturated carbocycles. The van der Waals surface area contributed by atoms with Gasteiger partial charge in [0, 0.05) is 31.1 Å².